The molecular formula is C15H21N5O2. The van der Waals surface area contributed by atoms with Crippen LogP contribution >= 0.6 is 0 Å². The maximum atomic E-state index is 5.99. The summed E-state index contributed by atoms with van der Waals surface area (Å²) in [6, 6.07) is 1.86. The van der Waals surface area contributed by atoms with E-state index in [9.17, 15) is 0 Å². The monoisotopic (exact) mass is 303 g/mol. The molecule has 3 rings (SSSR count). The van der Waals surface area contributed by atoms with Crippen molar-refractivity contribution in [1.82, 2.24) is 20.0 Å². The fourth-order valence-corrected chi connectivity index (χ4v) is 2.30. The van der Waals surface area contributed by atoms with Crippen molar-refractivity contribution in [3.8, 4) is 5.69 Å². The zero-order valence-electron chi connectivity index (χ0n) is 13.8. The van der Waals surface area contributed by atoms with E-state index >= 15 is 0 Å². The van der Waals surface area contributed by atoms with Gasteiger partial charge in [0.05, 0.1) is 29.5 Å². The van der Waals surface area contributed by atoms with Crippen molar-refractivity contribution in [3.63, 3.8) is 0 Å². The summed E-state index contributed by atoms with van der Waals surface area (Å²) in [5, 5.41) is 13.7. The molecule has 7 nitrogen and oxygen atoms in total. The lowest BCUT2D eigenvalue weighted by Gasteiger charge is -2.26. The molecule has 1 fully saturated rings. The summed E-state index contributed by atoms with van der Waals surface area (Å²) in [7, 11) is 0. The molecule has 0 radical (unpaired) electrons. The van der Waals surface area contributed by atoms with Crippen LogP contribution in [0, 0.1) is 13.8 Å². The van der Waals surface area contributed by atoms with Gasteiger partial charge >= 0.3 is 0 Å². The zero-order chi connectivity index (χ0) is 16.1. The van der Waals surface area contributed by atoms with Gasteiger partial charge in [0.25, 0.3) is 0 Å². The molecule has 0 unspecified atom stereocenters. The largest absolute Gasteiger partial charge is 0.239 e. The molecule has 0 aliphatic carbocycles. The number of hydrogen-bond donors (Lipinski definition) is 0. The summed E-state index contributed by atoms with van der Waals surface area (Å²) < 4.78 is 1.81. The van der Waals surface area contributed by atoms with Gasteiger partial charge in [0, 0.05) is 0 Å². The second-order valence-electron chi connectivity index (χ2n) is 6.49. The van der Waals surface area contributed by atoms with Gasteiger partial charge in [-0.25, -0.2) is 14.4 Å². The molecule has 1 aliphatic heterocycles. The smallest absolute Gasteiger partial charge is 0.139 e. The Kier molecular flexibility index (Phi) is 3.23. The topological polar surface area (TPSA) is 65.3 Å². The molecule has 0 saturated carbocycles. The molecular weight excluding hydrogens is 282 g/mol. The van der Waals surface area contributed by atoms with E-state index in [-0.39, 0.29) is 0 Å². The Labute approximate surface area is 129 Å². The number of aryl methyl sites for hydroxylation is 1. The molecule has 0 N–H and O–H groups in total. The van der Waals surface area contributed by atoms with Gasteiger partial charge in [-0.3, -0.25) is 0 Å². The molecule has 2 aromatic heterocycles. The Morgan fingerprint density at radius 1 is 1.00 bits per heavy atom. The molecule has 0 spiro atoms. The van der Waals surface area contributed by atoms with Crippen LogP contribution in [0.5, 0.6) is 0 Å². The van der Waals surface area contributed by atoms with E-state index < -0.39 is 11.2 Å². The van der Waals surface area contributed by atoms with Crippen LogP contribution in [0.1, 0.15) is 39.1 Å². The minimum absolute atomic E-state index is 0.438. The second kappa shape index (κ2) is 4.76. The third kappa shape index (κ3) is 2.17. The highest BCUT2D eigenvalue weighted by Crippen LogP contribution is 2.41. The predicted molar refractivity (Wildman–Crippen MR) is 81.4 cm³/mol. The first-order valence-electron chi connectivity index (χ1n) is 7.24. The zero-order valence-corrected chi connectivity index (χ0v) is 13.8. The van der Waals surface area contributed by atoms with E-state index in [1.54, 1.807) is 12.4 Å². The number of rotatable bonds is 2. The second-order valence-corrected chi connectivity index (χ2v) is 6.49. The Bertz CT molecular complexity index is 677. The van der Waals surface area contributed by atoms with E-state index in [0.717, 1.165) is 22.8 Å². The lowest BCUT2D eigenvalue weighted by molar-refractivity contribution is -0.0278. The third-order valence-corrected chi connectivity index (χ3v) is 4.32. The van der Waals surface area contributed by atoms with Gasteiger partial charge in [0.2, 0.25) is 0 Å². The molecule has 0 atom stereocenters. The summed E-state index contributed by atoms with van der Waals surface area (Å²) in [6.45, 7) is 11.9. The van der Waals surface area contributed by atoms with Gasteiger partial charge in [-0.05, 0) is 47.6 Å². The van der Waals surface area contributed by atoms with Gasteiger partial charge in [-0.2, -0.15) is 15.3 Å². The van der Waals surface area contributed by atoms with Crippen LogP contribution < -0.4 is 5.23 Å². The predicted octanol–water partition coefficient (Wildman–Crippen LogP) is 2.52. The maximum Gasteiger partial charge on any atom is 0.139 e. The van der Waals surface area contributed by atoms with Gasteiger partial charge in [0.15, 0.2) is 0 Å². The summed E-state index contributed by atoms with van der Waals surface area (Å²) in [6.07, 6.45) is 3.31. The van der Waals surface area contributed by atoms with E-state index in [0.29, 0.717) is 0 Å². The first-order valence-corrected chi connectivity index (χ1v) is 7.24. The van der Waals surface area contributed by atoms with Gasteiger partial charge in [-0.15, -0.1) is 5.23 Å². The van der Waals surface area contributed by atoms with E-state index in [2.05, 4.69) is 15.3 Å². The summed E-state index contributed by atoms with van der Waals surface area (Å²) in [4.78, 5) is 12.0. The Morgan fingerprint density at radius 2 is 1.64 bits per heavy atom. The Morgan fingerprint density at radius 3 is 2.18 bits per heavy atom. The standard InChI is InChI=1S/C15H21N5O2/c1-10-13(20-21-14(3,4)15(5,6)22-20)11(2)19(18-10)12-7-8-16-17-9-12/h7-9H,1-6H3. The van der Waals surface area contributed by atoms with Crippen molar-refractivity contribution < 1.29 is 9.68 Å². The Hall–Kier alpha value is -1.99. The van der Waals surface area contributed by atoms with Gasteiger partial charge < -0.3 is 0 Å². The lowest BCUT2D eigenvalue weighted by atomic mass is 9.90. The number of anilines is 1. The average molecular weight is 303 g/mol. The SMILES string of the molecule is Cc1nn(-c2ccnnc2)c(C)c1N1OC(C)(C)C(C)(C)O1. The minimum Gasteiger partial charge on any atom is -0.239 e. The highest BCUT2D eigenvalue weighted by molar-refractivity contribution is 5.54. The van der Waals surface area contributed by atoms with Crippen LogP contribution in [0.15, 0.2) is 18.5 Å². The molecule has 0 amide bonds. The van der Waals surface area contributed by atoms with Crippen LogP contribution in [0.4, 0.5) is 5.69 Å². The van der Waals surface area contributed by atoms with Crippen molar-refractivity contribution in [2.75, 3.05) is 5.23 Å². The van der Waals surface area contributed by atoms with Crippen molar-refractivity contribution in [1.29, 1.82) is 0 Å². The summed E-state index contributed by atoms with van der Waals surface area (Å²) >= 11 is 0. The highest BCUT2D eigenvalue weighted by Gasteiger charge is 2.51. The average Bonchev–Trinajstić information content (AvgIpc) is 2.84. The maximum absolute atomic E-state index is 5.99. The first kappa shape index (κ1) is 14.9. The van der Waals surface area contributed by atoms with Crippen molar-refractivity contribution in [2.45, 2.75) is 52.7 Å². The van der Waals surface area contributed by atoms with E-state index in [1.807, 2.05) is 52.3 Å². The molecule has 7 heteroatoms. The normalized spacial score (nSPS) is 19.6. The van der Waals surface area contributed by atoms with Crippen LogP contribution in [0.25, 0.3) is 5.69 Å². The van der Waals surface area contributed by atoms with Crippen molar-refractivity contribution in [2.24, 2.45) is 0 Å². The summed E-state index contributed by atoms with van der Waals surface area (Å²) in [5.74, 6) is 0. The molecule has 1 saturated heterocycles. The van der Waals surface area contributed by atoms with Crippen LogP contribution in [-0.2, 0) is 9.68 Å². The number of nitrogens with zero attached hydrogens (tertiary/aromatic N) is 5. The molecule has 1 aliphatic rings. The van der Waals surface area contributed by atoms with Crippen LogP contribution in [0.3, 0.4) is 0 Å². The van der Waals surface area contributed by atoms with Gasteiger partial charge in [-0.1, -0.05) is 0 Å². The fourth-order valence-electron chi connectivity index (χ4n) is 2.30. The number of hydrogen-bond acceptors (Lipinski definition) is 6. The van der Waals surface area contributed by atoms with E-state index in [1.165, 1.54) is 5.23 Å². The quantitative estimate of drug-likeness (QED) is 0.849. The van der Waals surface area contributed by atoms with E-state index in [4.69, 9.17) is 9.68 Å². The fraction of sp³-hybridized carbons (Fsp3) is 0.533. The van der Waals surface area contributed by atoms with Crippen molar-refractivity contribution >= 4 is 5.69 Å². The third-order valence-electron chi connectivity index (χ3n) is 4.32. The highest BCUT2D eigenvalue weighted by atomic mass is 17.0. The minimum atomic E-state index is -0.438. The molecule has 118 valence electrons. The Balaban J connectivity index is 2.02. The molecule has 2 aromatic rings. The van der Waals surface area contributed by atoms with Crippen molar-refractivity contribution in [3.05, 3.63) is 29.8 Å². The van der Waals surface area contributed by atoms with Gasteiger partial charge in [0.1, 0.15) is 16.9 Å². The molecule has 3 heterocycles. The summed E-state index contributed by atoms with van der Waals surface area (Å²) in [5.41, 5.74) is 2.52. The van der Waals surface area contributed by atoms with Crippen LogP contribution in [0.2, 0.25) is 0 Å². The lowest BCUT2D eigenvalue weighted by Crippen LogP contribution is -2.41. The number of aromatic nitrogens is 4. The molecule has 0 aromatic carbocycles. The van der Waals surface area contributed by atoms with Crippen LogP contribution in [-0.4, -0.2) is 31.2 Å². The first-order chi connectivity index (χ1) is 10.2. The molecule has 22 heavy (non-hydrogen) atoms. The molecule has 0 bridgehead atoms.